The number of aliphatic hydroxyl groups is 1. The molecule has 0 saturated heterocycles. The number of thiophene rings is 1. The fourth-order valence-corrected chi connectivity index (χ4v) is 2.18. The largest absolute Gasteiger partial charge is 0.388 e. The van der Waals surface area contributed by atoms with Gasteiger partial charge in [-0.1, -0.05) is 19.9 Å². The van der Waals surface area contributed by atoms with Gasteiger partial charge in [0.05, 0.1) is 5.60 Å². The zero-order valence-electron chi connectivity index (χ0n) is 10.3. The lowest BCUT2D eigenvalue weighted by Crippen LogP contribution is -2.44. The second kappa shape index (κ2) is 6.14. The molecule has 4 N–H and O–H groups in total. The zero-order valence-corrected chi connectivity index (χ0v) is 11.1. The normalized spacial score (nSPS) is 13.4. The Kier molecular flexibility index (Phi) is 5.11. The second-order valence-electron chi connectivity index (χ2n) is 4.14. The highest BCUT2D eigenvalue weighted by atomic mass is 32.1. The molecule has 1 unspecified atom stereocenters. The molecular weight excluding hydrogens is 236 g/mol. The number of amides is 1. The van der Waals surface area contributed by atoms with Gasteiger partial charge in [-0.2, -0.15) is 0 Å². The monoisotopic (exact) mass is 256 g/mol. The van der Waals surface area contributed by atoms with E-state index in [0.29, 0.717) is 12.8 Å². The molecule has 1 amide bonds. The molecule has 1 rings (SSSR count). The minimum Gasteiger partial charge on any atom is -0.388 e. The van der Waals surface area contributed by atoms with Crippen molar-refractivity contribution >= 4 is 17.2 Å². The van der Waals surface area contributed by atoms with Crippen LogP contribution in [0.3, 0.4) is 0 Å². The highest BCUT2D eigenvalue weighted by molar-refractivity contribution is 7.10. The van der Waals surface area contributed by atoms with Crippen LogP contribution < -0.4 is 11.1 Å². The second-order valence-corrected chi connectivity index (χ2v) is 5.12. The van der Waals surface area contributed by atoms with E-state index in [9.17, 15) is 9.90 Å². The predicted molar refractivity (Wildman–Crippen MR) is 69.8 cm³/mol. The summed E-state index contributed by atoms with van der Waals surface area (Å²) in [5.74, 6) is -0.243. The van der Waals surface area contributed by atoms with Crippen molar-refractivity contribution in [1.29, 1.82) is 0 Å². The summed E-state index contributed by atoms with van der Waals surface area (Å²) in [5, 5.41) is 14.6. The van der Waals surface area contributed by atoms with Crippen LogP contribution in [-0.2, 0) is 4.79 Å². The minimum absolute atomic E-state index is 0.243. The van der Waals surface area contributed by atoms with Crippen molar-refractivity contribution < 1.29 is 9.90 Å². The highest BCUT2D eigenvalue weighted by Gasteiger charge is 2.24. The van der Waals surface area contributed by atoms with Gasteiger partial charge < -0.3 is 16.2 Å². The molecule has 0 spiro atoms. The summed E-state index contributed by atoms with van der Waals surface area (Å²) in [6.07, 6.45) is 1.22. The van der Waals surface area contributed by atoms with Crippen molar-refractivity contribution in [3.8, 4) is 0 Å². The minimum atomic E-state index is -0.829. The Morgan fingerprint density at radius 3 is 2.71 bits per heavy atom. The van der Waals surface area contributed by atoms with Crippen LogP contribution in [0.25, 0.3) is 0 Å². The predicted octanol–water partition coefficient (Wildman–Crippen LogP) is 1.42. The summed E-state index contributed by atoms with van der Waals surface area (Å²) in [5.41, 5.74) is 4.98. The lowest BCUT2D eigenvalue weighted by molar-refractivity contribution is -0.123. The molecule has 0 aliphatic rings. The molecule has 0 aromatic carbocycles. The van der Waals surface area contributed by atoms with Crippen molar-refractivity contribution in [3.05, 3.63) is 22.4 Å². The fraction of sp³-hybridized carbons (Fsp3) is 0.583. The number of carbonyl (C=O) groups is 1. The average molecular weight is 256 g/mol. The van der Waals surface area contributed by atoms with Gasteiger partial charge in [0, 0.05) is 11.4 Å². The Morgan fingerprint density at radius 2 is 2.24 bits per heavy atom. The van der Waals surface area contributed by atoms with E-state index in [2.05, 4.69) is 5.32 Å². The summed E-state index contributed by atoms with van der Waals surface area (Å²) in [7, 11) is 0. The van der Waals surface area contributed by atoms with E-state index < -0.39 is 11.6 Å². The third kappa shape index (κ3) is 3.80. The average Bonchev–Trinajstić information content (AvgIpc) is 2.88. The van der Waals surface area contributed by atoms with Gasteiger partial charge in [-0.25, -0.2) is 0 Å². The highest BCUT2D eigenvalue weighted by Crippen LogP contribution is 2.17. The van der Waals surface area contributed by atoms with Crippen LogP contribution in [0.2, 0.25) is 0 Å². The maximum absolute atomic E-state index is 11.8. The van der Waals surface area contributed by atoms with Gasteiger partial charge in [0.15, 0.2) is 0 Å². The van der Waals surface area contributed by atoms with Crippen molar-refractivity contribution in [2.45, 2.75) is 38.3 Å². The molecule has 1 heterocycles. The van der Waals surface area contributed by atoms with Crippen LogP contribution >= 0.6 is 11.3 Å². The number of hydrogen-bond acceptors (Lipinski definition) is 4. The van der Waals surface area contributed by atoms with Gasteiger partial charge >= 0.3 is 0 Å². The molecule has 96 valence electrons. The molecule has 1 atom stereocenters. The molecule has 0 aliphatic carbocycles. The van der Waals surface area contributed by atoms with E-state index in [1.165, 1.54) is 11.3 Å². The van der Waals surface area contributed by atoms with E-state index >= 15 is 0 Å². The SMILES string of the molecule is CCC(O)(CC)CNC(=O)C(N)c1cccs1. The molecule has 0 bridgehead atoms. The van der Waals surface area contributed by atoms with E-state index in [4.69, 9.17) is 5.73 Å². The number of nitrogens with one attached hydrogen (secondary N) is 1. The lowest BCUT2D eigenvalue weighted by Gasteiger charge is -2.26. The maximum Gasteiger partial charge on any atom is 0.242 e. The molecule has 1 aromatic rings. The van der Waals surface area contributed by atoms with E-state index in [1.807, 2.05) is 31.4 Å². The molecule has 0 saturated carbocycles. The lowest BCUT2D eigenvalue weighted by atomic mass is 9.97. The summed E-state index contributed by atoms with van der Waals surface area (Å²) < 4.78 is 0. The molecule has 17 heavy (non-hydrogen) atoms. The summed E-state index contributed by atoms with van der Waals surface area (Å²) >= 11 is 1.46. The number of rotatable bonds is 6. The standard InChI is InChI=1S/C12H20N2O2S/c1-3-12(16,4-2)8-14-11(15)10(13)9-6-5-7-17-9/h5-7,10,16H,3-4,8,13H2,1-2H3,(H,14,15). The first-order chi connectivity index (χ1) is 8.02. The first-order valence-corrected chi connectivity index (χ1v) is 6.69. The maximum atomic E-state index is 11.8. The third-order valence-electron chi connectivity index (χ3n) is 3.04. The van der Waals surface area contributed by atoms with Gasteiger partial charge in [0.25, 0.3) is 0 Å². The van der Waals surface area contributed by atoms with Crippen molar-refractivity contribution in [2.24, 2.45) is 5.73 Å². The topological polar surface area (TPSA) is 75.3 Å². The fourth-order valence-electron chi connectivity index (χ4n) is 1.46. The first-order valence-electron chi connectivity index (χ1n) is 5.81. The van der Waals surface area contributed by atoms with Crippen LogP contribution in [0.4, 0.5) is 0 Å². The van der Waals surface area contributed by atoms with E-state index in [-0.39, 0.29) is 12.5 Å². The molecule has 5 heteroatoms. The van der Waals surface area contributed by atoms with E-state index in [0.717, 1.165) is 4.88 Å². The van der Waals surface area contributed by atoms with Gasteiger partial charge in [0.1, 0.15) is 6.04 Å². The molecule has 1 aromatic heterocycles. The van der Waals surface area contributed by atoms with Crippen molar-refractivity contribution in [1.82, 2.24) is 5.32 Å². The molecular formula is C12H20N2O2S. The van der Waals surface area contributed by atoms with E-state index in [1.54, 1.807) is 0 Å². The molecule has 0 aliphatic heterocycles. The Morgan fingerprint density at radius 1 is 1.59 bits per heavy atom. The molecule has 4 nitrogen and oxygen atoms in total. The van der Waals surface area contributed by atoms with Gasteiger partial charge in [-0.15, -0.1) is 11.3 Å². The third-order valence-corrected chi connectivity index (χ3v) is 4.00. The zero-order chi connectivity index (χ0) is 12.9. The first kappa shape index (κ1) is 14.2. The smallest absolute Gasteiger partial charge is 0.242 e. The van der Waals surface area contributed by atoms with Crippen LogP contribution in [0, 0.1) is 0 Å². The van der Waals surface area contributed by atoms with Crippen LogP contribution in [0.15, 0.2) is 17.5 Å². The van der Waals surface area contributed by atoms with Gasteiger partial charge in [-0.05, 0) is 24.3 Å². The van der Waals surface area contributed by atoms with Crippen molar-refractivity contribution in [3.63, 3.8) is 0 Å². The van der Waals surface area contributed by atoms with Crippen LogP contribution in [-0.4, -0.2) is 23.2 Å². The summed E-state index contributed by atoms with van der Waals surface area (Å²) in [4.78, 5) is 12.6. The quantitative estimate of drug-likeness (QED) is 0.720. The summed E-state index contributed by atoms with van der Waals surface area (Å²) in [6.45, 7) is 4.04. The molecule has 0 fully saturated rings. The Labute approximate surface area is 106 Å². The van der Waals surface area contributed by atoms with Crippen molar-refractivity contribution in [2.75, 3.05) is 6.54 Å². The summed E-state index contributed by atoms with van der Waals surface area (Å²) in [6, 6.07) is 3.05. The molecule has 0 radical (unpaired) electrons. The number of nitrogens with two attached hydrogens (primary N) is 1. The number of hydrogen-bond donors (Lipinski definition) is 3. The van der Waals surface area contributed by atoms with Crippen LogP contribution in [0.1, 0.15) is 37.6 Å². The van der Waals surface area contributed by atoms with Gasteiger partial charge in [-0.3, -0.25) is 4.79 Å². The Hall–Kier alpha value is -0.910. The number of carbonyl (C=O) groups excluding carboxylic acids is 1. The Balaban J connectivity index is 2.50. The Bertz CT molecular complexity index is 347. The van der Waals surface area contributed by atoms with Gasteiger partial charge in [0.2, 0.25) is 5.91 Å². The van der Waals surface area contributed by atoms with Crippen LogP contribution in [0.5, 0.6) is 0 Å².